The SMILES string of the molecule is CC(C)[C@H](NC(=O)CCCCCN1C(=O)C=CC1=O)C(=O)N[C@@H](CCCNC(N)=O)C(=O)Nc1ccc(COC(=O)NC2CCN(c3c(F)cc4c(=O)c(C(=O)O)cn(C5CC5)c4c3Cl)C2)cc1. The number of primary amides is 1. The van der Waals surface area contributed by atoms with Crippen LogP contribution in [-0.2, 0) is 35.3 Å². The Bertz CT molecular complexity index is 2530. The second-order valence-corrected chi connectivity index (χ2v) is 17.7. The van der Waals surface area contributed by atoms with Crippen molar-refractivity contribution in [3.05, 3.63) is 80.9 Å². The molecule has 1 aliphatic carbocycles. The number of unbranched alkanes of at least 4 members (excludes halogenated alkanes) is 2. The van der Waals surface area contributed by atoms with Crippen LogP contribution in [0.25, 0.3) is 10.9 Å². The first-order chi connectivity index (χ1) is 32.4. The molecule has 2 aromatic carbocycles. The van der Waals surface area contributed by atoms with E-state index in [0.29, 0.717) is 43.5 Å². The number of hydrogen-bond acceptors (Lipinski definition) is 11. The number of pyridine rings is 1. The summed E-state index contributed by atoms with van der Waals surface area (Å²) in [5.74, 6) is -4.83. The molecule has 364 valence electrons. The van der Waals surface area contributed by atoms with Gasteiger partial charge in [-0.05, 0) is 74.6 Å². The van der Waals surface area contributed by atoms with Crippen molar-refractivity contribution in [1.82, 2.24) is 30.7 Å². The largest absolute Gasteiger partial charge is 0.477 e. The molecule has 22 heteroatoms. The number of anilines is 2. The van der Waals surface area contributed by atoms with Crippen LogP contribution in [0, 0.1) is 11.7 Å². The maximum Gasteiger partial charge on any atom is 0.407 e. The van der Waals surface area contributed by atoms with Gasteiger partial charge in [0.15, 0.2) is 0 Å². The number of rotatable bonds is 22. The lowest BCUT2D eigenvalue weighted by Crippen LogP contribution is -2.54. The summed E-state index contributed by atoms with van der Waals surface area (Å²) in [5, 5.41) is 22.9. The summed E-state index contributed by atoms with van der Waals surface area (Å²) in [7, 11) is 0. The number of nitrogens with one attached hydrogen (secondary N) is 5. The Morgan fingerprint density at radius 1 is 0.941 bits per heavy atom. The highest BCUT2D eigenvalue weighted by molar-refractivity contribution is 6.38. The number of hydrogen-bond donors (Lipinski definition) is 7. The van der Waals surface area contributed by atoms with Gasteiger partial charge in [-0.15, -0.1) is 0 Å². The summed E-state index contributed by atoms with van der Waals surface area (Å²) in [6, 6.07) is 4.12. The third-order valence-corrected chi connectivity index (χ3v) is 12.2. The van der Waals surface area contributed by atoms with E-state index in [0.717, 1.165) is 23.8 Å². The zero-order valence-corrected chi connectivity index (χ0v) is 38.4. The van der Waals surface area contributed by atoms with Crippen LogP contribution in [0.2, 0.25) is 5.02 Å². The molecule has 2 fully saturated rings. The molecule has 0 bridgehead atoms. The predicted octanol–water partition coefficient (Wildman–Crippen LogP) is 3.83. The van der Waals surface area contributed by atoms with Crippen molar-refractivity contribution in [1.29, 1.82) is 0 Å². The number of nitrogens with zero attached hydrogens (tertiary/aromatic N) is 3. The number of amides is 8. The first-order valence-corrected chi connectivity index (χ1v) is 22.8. The molecule has 1 aromatic heterocycles. The van der Waals surface area contributed by atoms with E-state index in [1.807, 2.05) is 0 Å². The van der Waals surface area contributed by atoms with Gasteiger partial charge in [0.05, 0.1) is 27.7 Å². The number of aromatic nitrogens is 1. The van der Waals surface area contributed by atoms with Gasteiger partial charge in [0.25, 0.3) is 11.8 Å². The molecule has 20 nitrogen and oxygen atoms in total. The first-order valence-electron chi connectivity index (χ1n) is 22.5. The van der Waals surface area contributed by atoms with E-state index in [1.54, 1.807) is 47.6 Å². The van der Waals surface area contributed by atoms with Crippen LogP contribution in [0.15, 0.2) is 53.5 Å². The number of alkyl carbamates (subject to hydrolysis) is 1. The number of ether oxygens (including phenoxy) is 1. The summed E-state index contributed by atoms with van der Waals surface area (Å²) >= 11 is 6.78. The zero-order chi connectivity index (χ0) is 49.2. The zero-order valence-electron chi connectivity index (χ0n) is 37.6. The average molecular weight is 964 g/mol. The summed E-state index contributed by atoms with van der Waals surface area (Å²) in [6.07, 6.45) is 6.92. The van der Waals surface area contributed by atoms with Crippen molar-refractivity contribution < 1.29 is 52.6 Å². The number of carboxylic acid groups (broad SMARTS) is 1. The molecule has 2 aliphatic heterocycles. The number of nitrogens with two attached hydrogens (primary N) is 1. The molecule has 3 aromatic rings. The predicted molar refractivity (Wildman–Crippen MR) is 247 cm³/mol. The second-order valence-electron chi connectivity index (χ2n) is 17.3. The lowest BCUT2D eigenvalue weighted by molar-refractivity contribution is -0.137. The van der Waals surface area contributed by atoms with Crippen LogP contribution in [0.3, 0.4) is 0 Å². The van der Waals surface area contributed by atoms with Gasteiger partial charge >= 0.3 is 18.1 Å². The third-order valence-electron chi connectivity index (χ3n) is 11.8. The molecule has 68 heavy (non-hydrogen) atoms. The standard InChI is InChI=1S/C46H55ClFN9O11/c1-25(2)38(54-34(58)8-4-3-5-19-56-35(59)15-16-36(56)60)43(63)53-33(7-6-18-50-45(49)66)42(62)51-27-11-9-26(10-12-27)24-68-46(67)52-28-17-20-55(22-28)40-32(48)21-30-39(37(40)47)57(29-13-14-29)23-31(41(30)61)44(64)65/h9-12,15-16,21,23,25,28-29,33,38H,3-8,13-14,17-20,22,24H2,1-2H3,(H,51,62)(H,52,67)(H,53,63)(H,54,58)(H,64,65)(H3,49,50,66)/t28?,33-,38-/m0/s1. The molecule has 0 radical (unpaired) electrons. The average Bonchev–Trinajstić information content (AvgIpc) is 3.96. The molecule has 1 saturated heterocycles. The van der Waals surface area contributed by atoms with E-state index < -0.39 is 64.8 Å². The monoisotopic (exact) mass is 963 g/mol. The summed E-state index contributed by atoms with van der Waals surface area (Å²) in [5.41, 5.74) is 5.14. The van der Waals surface area contributed by atoms with Gasteiger partial charge in [-0.25, -0.2) is 18.8 Å². The number of fused-ring (bicyclic) bond motifs is 1. The molecule has 1 unspecified atom stereocenters. The topological polar surface area (TPSA) is 281 Å². The molecule has 3 aliphatic rings. The highest BCUT2D eigenvalue weighted by Gasteiger charge is 2.34. The smallest absolute Gasteiger partial charge is 0.407 e. The van der Waals surface area contributed by atoms with Gasteiger partial charge in [-0.1, -0.05) is 44.0 Å². The van der Waals surface area contributed by atoms with Gasteiger partial charge in [-0.3, -0.25) is 33.7 Å². The number of benzene rings is 2. The Labute approximate surface area is 395 Å². The summed E-state index contributed by atoms with van der Waals surface area (Å²) in [4.78, 5) is 115. The number of imide groups is 1. The molecular weight excluding hydrogens is 909 g/mol. The number of urea groups is 1. The van der Waals surface area contributed by atoms with E-state index in [9.17, 15) is 48.3 Å². The lowest BCUT2D eigenvalue weighted by Gasteiger charge is -2.25. The maximum atomic E-state index is 15.6. The van der Waals surface area contributed by atoms with Crippen molar-refractivity contribution in [2.24, 2.45) is 11.7 Å². The van der Waals surface area contributed by atoms with E-state index in [1.165, 1.54) is 18.3 Å². The number of halogens is 2. The van der Waals surface area contributed by atoms with Crippen molar-refractivity contribution in [3.63, 3.8) is 0 Å². The highest BCUT2D eigenvalue weighted by Crippen LogP contribution is 2.42. The third kappa shape index (κ3) is 12.9. The Hall–Kier alpha value is -7.03. The molecule has 0 spiro atoms. The van der Waals surface area contributed by atoms with Crippen molar-refractivity contribution >= 4 is 81.5 Å². The van der Waals surface area contributed by atoms with E-state index in [4.69, 9.17) is 22.1 Å². The molecule has 8 N–H and O–H groups in total. The van der Waals surface area contributed by atoms with Crippen LogP contribution >= 0.6 is 11.6 Å². The number of carboxylic acids is 1. The number of carbonyl (C=O) groups excluding carboxylic acids is 7. The normalized spacial score (nSPS) is 16.5. The maximum absolute atomic E-state index is 15.6. The minimum Gasteiger partial charge on any atom is -0.477 e. The Morgan fingerprint density at radius 2 is 1.65 bits per heavy atom. The lowest BCUT2D eigenvalue weighted by atomic mass is 10.0. The molecule has 1 saturated carbocycles. The van der Waals surface area contributed by atoms with Gasteiger partial charge in [-0.2, -0.15) is 0 Å². The Kier molecular flexibility index (Phi) is 16.8. The quantitative estimate of drug-likeness (QED) is 0.0559. The Balaban J connectivity index is 0.987. The Morgan fingerprint density at radius 3 is 2.29 bits per heavy atom. The summed E-state index contributed by atoms with van der Waals surface area (Å²) in [6.45, 7) is 4.24. The van der Waals surface area contributed by atoms with E-state index in [2.05, 4.69) is 26.6 Å². The van der Waals surface area contributed by atoms with Crippen molar-refractivity contribution in [3.8, 4) is 0 Å². The van der Waals surface area contributed by atoms with Crippen molar-refractivity contribution in [2.75, 3.05) is 36.4 Å². The van der Waals surface area contributed by atoms with Crippen LogP contribution in [-0.4, -0.2) is 107 Å². The number of aromatic carboxylic acids is 1. The summed E-state index contributed by atoms with van der Waals surface area (Å²) < 4.78 is 22.7. The molecule has 8 amide bonds. The minimum absolute atomic E-state index is 0.0180. The van der Waals surface area contributed by atoms with Gasteiger partial charge < -0.3 is 51.6 Å². The molecule has 3 atom stereocenters. The molecular formula is C46H55ClFN9O11. The van der Waals surface area contributed by atoms with Crippen LogP contribution in [0.4, 0.5) is 25.4 Å². The fourth-order valence-electron chi connectivity index (χ4n) is 8.08. The molecule has 3 heterocycles. The van der Waals surface area contributed by atoms with Crippen molar-refractivity contribution in [2.45, 2.75) is 102 Å². The van der Waals surface area contributed by atoms with E-state index >= 15 is 4.39 Å². The molecule has 6 rings (SSSR count). The van der Waals surface area contributed by atoms with E-state index in [-0.39, 0.29) is 96.8 Å². The van der Waals surface area contributed by atoms with Gasteiger partial charge in [0.2, 0.25) is 23.2 Å². The van der Waals surface area contributed by atoms with Crippen LogP contribution in [0.1, 0.15) is 93.6 Å². The van der Waals surface area contributed by atoms with Gasteiger partial charge in [0, 0.05) is 62.7 Å². The fraction of sp³-hybridized carbons (Fsp3) is 0.457. The fourth-order valence-corrected chi connectivity index (χ4v) is 8.49. The minimum atomic E-state index is -1.41. The van der Waals surface area contributed by atoms with Crippen LogP contribution in [0.5, 0.6) is 0 Å². The second kappa shape index (κ2) is 22.6. The number of carbonyl (C=O) groups is 8. The first kappa shape index (κ1) is 50.4. The van der Waals surface area contributed by atoms with Gasteiger partial charge in [0.1, 0.15) is 30.1 Å². The highest BCUT2D eigenvalue weighted by atomic mass is 35.5. The van der Waals surface area contributed by atoms with Crippen LogP contribution < -0.4 is 42.6 Å².